The number of anilines is 1. The van der Waals surface area contributed by atoms with Gasteiger partial charge >= 0.3 is 0 Å². The Morgan fingerprint density at radius 3 is 2.37 bits per heavy atom. The number of hydrogen-bond donors (Lipinski definition) is 3. The average molecular weight is 263 g/mol. The molecule has 0 heterocycles. The Labute approximate surface area is 113 Å². The maximum atomic E-state index is 11.9. The van der Waals surface area contributed by atoms with Crippen LogP contribution in [0.15, 0.2) is 18.2 Å². The number of carbonyl (C=O) groups excluding carboxylic acids is 2. The molecular weight excluding hydrogens is 242 g/mol. The van der Waals surface area contributed by atoms with E-state index in [0.29, 0.717) is 11.3 Å². The van der Waals surface area contributed by atoms with Crippen LogP contribution < -0.4 is 16.4 Å². The highest BCUT2D eigenvalue weighted by Crippen LogP contribution is 2.10. The van der Waals surface area contributed by atoms with Gasteiger partial charge in [-0.05, 0) is 51.5 Å². The van der Waals surface area contributed by atoms with E-state index in [2.05, 4.69) is 10.6 Å². The zero-order chi connectivity index (χ0) is 14.6. The van der Waals surface area contributed by atoms with Gasteiger partial charge in [0.2, 0.25) is 5.91 Å². The molecule has 0 aliphatic rings. The van der Waals surface area contributed by atoms with Crippen LogP contribution >= 0.6 is 0 Å². The first kappa shape index (κ1) is 15.0. The summed E-state index contributed by atoms with van der Waals surface area (Å²) in [7, 11) is 0. The van der Waals surface area contributed by atoms with E-state index in [0.717, 1.165) is 5.56 Å². The van der Waals surface area contributed by atoms with Crippen LogP contribution in [0.4, 0.5) is 5.69 Å². The van der Waals surface area contributed by atoms with Gasteiger partial charge in [0, 0.05) is 16.8 Å². The highest BCUT2D eigenvalue weighted by Gasteiger charge is 2.14. The third-order valence-electron chi connectivity index (χ3n) is 2.29. The minimum Gasteiger partial charge on any atom is -0.399 e. The lowest BCUT2D eigenvalue weighted by molar-refractivity contribution is -0.121. The summed E-state index contributed by atoms with van der Waals surface area (Å²) in [5, 5.41) is 5.34. The van der Waals surface area contributed by atoms with Crippen LogP contribution in [0.1, 0.15) is 36.7 Å². The smallest absolute Gasteiger partial charge is 0.251 e. The molecule has 0 radical (unpaired) electrons. The summed E-state index contributed by atoms with van der Waals surface area (Å²) < 4.78 is 0. The fourth-order valence-corrected chi connectivity index (χ4v) is 1.67. The fourth-order valence-electron chi connectivity index (χ4n) is 1.67. The second kappa shape index (κ2) is 5.73. The number of carbonyl (C=O) groups is 2. The summed E-state index contributed by atoms with van der Waals surface area (Å²) in [6, 6.07) is 5.10. The van der Waals surface area contributed by atoms with Crippen LogP contribution in [0.5, 0.6) is 0 Å². The molecule has 104 valence electrons. The molecule has 0 aliphatic carbocycles. The molecule has 0 saturated carbocycles. The van der Waals surface area contributed by atoms with E-state index in [1.165, 1.54) is 0 Å². The molecule has 4 N–H and O–H groups in total. The lowest BCUT2D eigenvalue weighted by atomic mass is 10.1. The van der Waals surface area contributed by atoms with Crippen molar-refractivity contribution < 1.29 is 9.59 Å². The predicted octanol–water partition coefficient (Wildman–Crippen LogP) is 1.22. The summed E-state index contributed by atoms with van der Waals surface area (Å²) in [6.45, 7) is 7.46. The van der Waals surface area contributed by atoms with Crippen molar-refractivity contribution in [2.24, 2.45) is 0 Å². The maximum Gasteiger partial charge on any atom is 0.251 e. The van der Waals surface area contributed by atoms with E-state index < -0.39 is 0 Å². The van der Waals surface area contributed by atoms with Crippen molar-refractivity contribution >= 4 is 17.5 Å². The Morgan fingerprint density at radius 1 is 1.21 bits per heavy atom. The number of aryl methyl sites for hydroxylation is 1. The molecule has 0 fully saturated rings. The first-order valence-corrected chi connectivity index (χ1v) is 6.14. The number of nitrogens with two attached hydrogens (primary N) is 1. The standard InChI is InChI=1S/C14H21N3O2/c1-9-5-10(7-11(15)6-9)13(19)16-8-12(18)17-14(2,3)4/h5-7H,8,15H2,1-4H3,(H,16,19)(H,17,18). The Morgan fingerprint density at radius 2 is 1.84 bits per heavy atom. The Bertz CT molecular complexity index is 470. The minimum atomic E-state index is -0.310. The number of nitrogens with one attached hydrogen (secondary N) is 2. The molecular formula is C14H21N3O2. The molecule has 0 spiro atoms. The van der Waals surface area contributed by atoms with Crippen molar-refractivity contribution in [2.45, 2.75) is 33.2 Å². The van der Waals surface area contributed by atoms with Crippen molar-refractivity contribution in [1.29, 1.82) is 0 Å². The van der Waals surface area contributed by atoms with Crippen molar-refractivity contribution in [3.8, 4) is 0 Å². The van der Waals surface area contributed by atoms with Crippen LogP contribution in [0, 0.1) is 6.92 Å². The molecule has 0 aliphatic heterocycles. The summed E-state index contributed by atoms with van der Waals surface area (Å²) in [5.41, 5.74) is 7.27. The van der Waals surface area contributed by atoms with Gasteiger partial charge in [-0.3, -0.25) is 9.59 Å². The van der Waals surface area contributed by atoms with Crippen molar-refractivity contribution in [2.75, 3.05) is 12.3 Å². The van der Waals surface area contributed by atoms with E-state index >= 15 is 0 Å². The van der Waals surface area contributed by atoms with Crippen molar-refractivity contribution in [3.63, 3.8) is 0 Å². The zero-order valence-electron chi connectivity index (χ0n) is 11.8. The van der Waals surface area contributed by atoms with E-state index in [-0.39, 0.29) is 23.9 Å². The fraction of sp³-hybridized carbons (Fsp3) is 0.429. The summed E-state index contributed by atoms with van der Waals surface area (Å²) >= 11 is 0. The lowest BCUT2D eigenvalue weighted by Gasteiger charge is -2.20. The molecule has 0 unspecified atom stereocenters. The number of benzene rings is 1. The van der Waals surface area contributed by atoms with Gasteiger partial charge in [-0.25, -0.2) is 0 Å². The van der Waals surface area contributed by atoms with Crippen LogP contribution in [0.25, 0.3) is 0 Å². The molecule has 0 saturated heterocycles. The quantitative estimate of drug-likeness (QED) is 0.717. The van der Waals surface area contributed by atoms with Gasteiger partial charge < -0.3 is 16.4 Å². The Hall–Kier alpha value is -2.04. The minimum absolute atomic E-state index is 0.0516. The van der Waals surface area contributed by atoms with E-state index in [9.17, 15) is 9.59 Å². The number of hydrogen-bond acceptors (Lipinski definition) is 3. The number of rotatable bonds is 3. The normalized spacial score (nSPS) is 10.9. The Kier molecular flexibility index (Phi) is 4.53. The van der Waals surface area contributed by atoms with Gasteiger partial charge in [-0.2, -0.15) is 0 Å². The number of amides is 2. The first-order chi connectivity index (χ1) is 8.67. The van der Waals surface area contributed by atoms with Gasteiger partial charge in [-0.1, -0.05) is 0 Å². The largest absolute Gasteiger partial charge is 0.399 e. The molecule has 2 amide bonds. The lowest BCUT2D eigenvalue weighted by Crippen LogP contribution is -2.45. The van der Waals surface area contributed by atoms with E-state index in [4.69, 9.17) is 5.73 Å². The highest BCUT2D eigenvalue weighted by atomic mass is 16.2. The first-order valence-electron chi connectivity index (χ1n) is 6.14. The van der Waals surface area contributed by atoms with Gasteiger partial charge in [0.25, 0.3) is 5.91 Å². The van der Waals surface area contributed by atoms with Crippen LogP contribution in [0.2, 0.25) is 0 Å². The van der Waals surface area contributed by atoms with Gasteiger partial charge in [0.05, 0.1) is 6.54 Å². The van der Waals surface area contributed by atoms with E-state index in [1.54, 1.807) is 18.2 Å². The van der Waals surface area contributed by atoms with Crippen LogP contribution in [-0.4, -0.2) is 23.9 Å². The molecule has 5 heteroatoms. The molecule has 0 bridgehead atoms. The molecule has 19 heavy (non-hydrogen) atoms. The number of nitrogen functional groups attached to an aromatic ring is 1. The highest BCUT2D eigenvalue weighted by molar-refractivity contribution is 5.97. The van der Waals surface area contributed by atoms with Gasteiger partial charge in [0.15, 0.2) is 0 Å². The molecule has 1 rings (SSSR count). The second-order valence-corrected chi connectivity index (χ2v) is 5.61. The topological polar surface area (TPSA) is 84.2 Å². The van der Waals surface area contributed by atoms with Gasteiger partial charge in [0.1, 0.15) is 0 Å². The predicted molar refractivity (Wildman–Crippen MR) is 75.8 cm³/mol. The molecule has 0 aromatic heterocycles. The van der Waals surface area contributed by atoms with Crippen molar-refractivity contribution in [1.82, 2.24) is 10.6 Å². The second-order valence-electron chi connectivity index (χ2n) is 5.61. The van der Waals surface area contributed by atoms with Crippen LogP contribution in [-0.2, 0) is 4.79 Å². The summed E-state index contributed by atoms with van der Waals surface area (Å²) in [4.78, 5) is 23.5. The Balaban J connectivity index is 2.58. The van der Waals surface area contributed by atoms with E-state index in [1.807, 2.05) is 27.7 Å². The van der Waals surface area contributed by atoms with Crippen molar-refractivity contribution in [3.05, 3.63) is 29.3 Å². The van der Waals surface area contributed by atoms with Crippen LogP contribution in [0.3, 0.4) is 0 Å². The summed E-state index contributed by atoms with van der Waals surface area (Å²) in [5.74, 6) is -0.527. The SMILES string of the molecule is Cc1cc(N)cc(C(=O)NCC(=O)NC(C)(C)C)c1. The molecule has 0 atom stereocenters. The average Bonchev–Trinajstić information content (AvgIpc) is 2.22. The van der Waals surface area contributed by atoms with Gasteiger partial charge in [-0.15, -0.1) is 0 Å². The molecule has 1 aromatic carbocycles. The molecule has 5 nitrogen and oxygen atoms in total. The maximum absolute atomic E-state index is 11.9. The zero-order valence-corrected chi connectivity index (χ0v) is 11.8. The summed E-state index contributed by atoms with van der Waals surface area (Å²) in [6.07, 6.45) is 0. The molecule has 1 aromatic rings. The third-order valence-corrected chi connectivity index (χ3v) is 2.29. The third kappa shape index (κ3) is 5.42. The monoisotopic (exact) mass is 263 g/mol.